The van der Waals surface area contributed by atoms with Crippen LogP contribution in [0.3, 0.4) is 0 Å². The molecule has 0 spiro atoms. The molecule has 134 valence electrons. The normalized spacial score (nSPS) is 15.6. The fourth-order valence-electron chi connectivity index (χ4n) is 2.84. The zero-order chi connectivity index (χ0) is 18.1. The minimum atomic E-state index is -3.51. The maximum absolute atomic E-state index is 12.7. The Labute approximate surface area is 151 Å². The van der Waals surface area contributed by atoms with Gasteiger partial charge in [0.25, 0.3) is 0 Å². The van der Waals surface area contributed by atoms with E-state index in [0.717, 1.165) is 11.3 Å². The van der Waals surface area contributed by atoms with Gasteiger partial charge in [0.05, 0.1) is 17.1 Å². The van der Waals surface area contributed by atoms with E-state index >= 15 is 0 Å². The summed E-state index contributed by atoms with van der Waals surface area (Å²) in [4.78, 5) is 0.256. The second-order valence-corrected chi connectivity index (χ2v) is 8.19. The molecular weight excluding hydrogens is 352 g/mol. The van der Waals surface area contributed by atoms with Crippen LogP contribution in [0.5, 0.6) is 11.5 Å². The van der Waals surface area contributed by atoms with Gasteiger partial charge in [-0.25, -0.2) is 13.1 Å². The third kappa shape index (κ3) is 3.21. The Morgan fingerprint density at radius 2 is 1.85 bits per heavy atom. The van der Waals surface area contributed by atoms with Crippen LogP contribution in [0.2, 0.25) is 0 Å². The van der Waals surface area contributed by atoms with Crippen molar-refractivity contribution in [3.05, 3.63) is 66.5 Å². The van der Waals surface area contributed by atoms with E-state index in [2.05, 4.69) is 10.3 Å². The van der Waals surface area contributed by atoms with Crippen molar-refractivity contribution in [2.45, 2.75) is 17.9 Å². The Kier molecular flexibility index (Phi) is 4.21. The summed E-state index contributed by atoms with van der Waals surface area (Å²) < 4.78 is 34.3. The van der Waals surface area contributed by atoms with E-state index in [0.29, 0.717) is 18.8 Å². The summed E-state index contributed by atoms with van der Waals surface area (Å²) in [6, 6.07) is 14.2. The molecule has 0 atom stereocenters. The van der Waals surface area contributed by atoms with Crippen LogP contribution >= 0.6 is 0 Å². The third-order valence-corrected chi connectivity index (χ3v) is 6.18. The van der Waals surface area contributed by atoms with Crippen molar-refractivity contribution in [3.63, 3.8) is 0 Å². The number of aryl methyl sites for hydroxylation is 1. The summed E-state index contributed by atoms with van der Waals surface area (Å²) in [5.41, 5.74) is 1.10. The molecule has 0 radical (unpaired) electrons. The minimum Gasteiger partial charge on any atom is -0.457 e. The summed E-state index contributed by atoms with van der Waals surface area (Å²) in [7, 11) is -3.51. The van der Waals surface area contributed by atoms with Crippen LogP contribution in [0.4, 0.5) is 0 Å². The predicted octanol–water partition coefficient (Wildman–Crippen LogP) is 2.62. The smallest absolute Gasteiger partial charge is 0.243 e. The maximum atomic E-state index is 12.7. The van der Waals surface area contributed by atoms with Gasteiger partial charge in [0.1, 0.15) is 11.5 Å². The second kappa shape index (κ2) is 6.54. The van der Waals surface area contributed by atoms with Crippen LogP contribution in [-0.2, 0) is 10.0 Å². The van der Waals surface area contributed by atoms with E-state index < -0.39 is 10.0 Å². The molecule has 4 rings (SSSR count). The molecule has 0 unspecified atom stereocenters. The predicted molar refractivity (Wildman–Crippen MR) is 95.5 cm³/mol. The number of ether oxygens (including phenoxy) is 1. The molecule has 1 aromatic heterocycles. The first-order chi connectivity index (χ1) is 12.5. The number of benzene rings is 2. The largest absolute Gasteiger partial charge is 0.457 e. The fraction of sp³-hybridized carbons (Fsp3) is 0.222. The lowest BCUT2D eigenvalue weighted by atomic mass is 10.2. The van der Waals surface area contributed by atoms with E-state index in [1.165, 1.54) is 4.31 Å². The topological polar surface area (TPSA) is 77.3 Å². The van der Waals surface area contributed by atoms with Crippen molar-refractivity contribution in [1.82, 2.24) is 19.3 Å². The average molecular weight is 370 g/mol. The highest BCUT2D eigenvalue weighted by Gasteiger charge is 2.38. The van der Waals surface area contributed by atoms with E-state index in [9.17, 15) is 8.42 Å². The highest BCUT2D eigenvalue weighted by Crippen LogP contribution is 2.29. The van der Waals surface area contributed by atoms with Crippen LogP contribution in [0.1, 0.15) is 11.6 Å². The standard InChI is InChI=1S/C18H18N4O3S/c1-14-3-2-4-17(11-14)25-16-5-7-18(8-6-16)26(23,24)21-12-15(13-21)22-10-9-19-20-22/h2-11,15H,12-13H2,1H3. The van der Waals surface area contributed by atoms with Gasteiger partial charge in [0.15, 0.2) is 0 Å². The van der Waals surface area contributed by atoms with Gasteiger partial charge in [-0.05, 0) is 48.9 Å². The molecule has 1 aliphatic heterocycles. The summed E-state index contributed by atoms with van der Waals surface area (Å²) in [5, 5.41) is 7.66. The van der Waals surface area contributed by atoms with Crippen molar-refractivity contribution >= 4 is 10.0 Å². The van der Waals surface area contributed by atoms with Crippen molar-refractivity contribution in [2.75, 3.05) is 13.1 Å². The first-order valence-corrected chi connectivity index (χ1v) is 9.67. The average Bonchev–Trinajstić information content (AvgIpc) is 3.08. The lowest BCUT2D eigenvalue weighted by Gasteiger charge is -2.37. The van der Waals surface area contributed by atoms with Crippen molar-refractivity contribution in [2.24, 2.45) is 0 Å². The Bertz CT molecular complexity index is 995. The summed E-state index contributed by atoms with van der Waals surface area (Å²) >= 11 is 0. The number of hydrogen-bond donors (Lipinski definition) is 0. The van der Waals surface area contributed by atoms with Crippen LogP contribution in [0.15, 0.2) is 65.8 Å². The zero-order valence-corrected chi connectivity index (χ0v) is 15.0. The molecule has 0 aliphatic carbocycles. The van der Waals surface area contributed by atoms with Gasteiger partial charge in [0, 0.05) is 19.3 Å². The number of sulfonamides is 1. The van der Waals surface area contributed by atoms with Gasteiger partial charge < -0.3 is 4.74 Å². The molecule has 8 heteroatoms. The minimum absolute atomic E-state index is 0.0381. The third-order valence-electron chi connectivity index (χ3n) is 4.33. The molecule has 1 aliphatic rings. The Balaban J connectivity index is 1.44. The lowest BCUT2D eigenvalue weighted by Crippen LogP contribution is -2.50. The first-order valence-electron chi connectivity index (χ1n) is 8.23. The molecule has 0 amide bonds. The summed E-state index contributed by atoms with van der Waals surface area (Å²) in [6.07, 6.45) is 3.33. The molecule has 1 fully saturated rings. The Morgan fingerprint density at radius 1 is 1.08 bits per heavy atom. The zero-order valence-electron chi connectivity index (χ0n) is 14.2. The number of nitrogens with zero attached hydrogens (tertiary/aromatic N) is 4. The van der Waals surface area contributed by atoms with Gasteiger partial charge in [-0.2, -0.15) is 4.31 Å². The maximum Gasteiger partial charge on any atom is 0.243 e. The number of rotatable bonds is 5. The number of aromatic nitrogens is 3. The summed E-state index contributed by atoms with van der Waals surface area (Å²) in [5.74, 6) is 1.32. The number of hydrogen-bond acceptors (Lipinski definition) is 5. The van der Waals surface area contributed by atoms with Crippen molar-refractivity contribution in [1.29, 1.82) is 0 Å². The second-order valence-electron chi connectivity index (χ2n) is 6.25. The molecule has 7 nitrogen and oxygen atoms in total. The molecule has 0 saturated carbocycles. The van der Waals surface area contributed by atoms with Gasteiger partial charge >= 0.3 is 0 Å². The van der Waals surface area contributed by atoms with Crippen LogP contribution in [0.25, 0.3) is 0 Å². The molecule has 1 saturated heterocycles. The van der Waals surface area contributed by atoms with Gasteiger partial charge in [-0.3, -0.25) is 0 Å². The first kappa shape index (κ1) is 16.7. The van der Waals surface area contributed by atoms with Crippen LogP contribution in [-0.4, -0.2) is 40.8 Å². The quantitative estimate of drug-likeness (QED) is 0.690. The Hall–Kier alpha value is -2.71. The van der Waals surface area contributed by atoms with Gasteiger partial charge in [-0.1, -0.05) is 17.3 Å². The molecule has 2 aromatic carbocycles. The molecule has 2 heterocycles. The van der Waals surface area contributed by atoms with E-state index in [1.54, 1.807) is 41.3 Å². The van der Waals surface area contributed by atoms with Crippen molar-refractivity contribution in [3.8, 4) is 11.5 Å². The van der Waals surface area contributed by atoms with Gasteiger partial charge in [0.2, 0.25) is 10.0 Å². The van der Waals surface area contributed by atoms with E-state index in [1.807, 2.05) is 31.2 Å². The Morgan fingerprint density at radius 3 is 2.50 bits per heavy atom. The van der Waals surface area contributed by atoms with Crippen molar-refractivity contribution < 1.29 is 13.2 Å². The van der Waals surface area contributed by atoms with Crippen LogP contribution in [0, 0.1) is 6.92 Å². The lowest BCUT2D eigenvalue weighted by molar-refractivity contribution is 0.189. The van der Waals surface area contributed by atoms with E-state index in [4.69, 9.17) is 4.74 Å². The highest BCUT2D eigenvalue weighted by molar-refractivity contribution is 7.89. The molecular formula is C18H18N4O3S. The molecule has 0 N–H and O–H groups in total. The van der Waals surface area contributed by atoms with Crippen LogP contribution < -0.4 is 4.74 Å². The fourth-order valence-corrected chi connectivity index (χ4v) is 4.35. The molecule has 0 bridgehead atoms. The van der Waals surface area contributed by atoms with E-state index in [-0.39, 0.29) is 10.9 Å². The highest BCUT2D eigenvalue weighted by atomic mass is 32.2. The SMILES string of the molecule is Cc1cccc(Oc2ccc(S(=O)(=O)N3CC(n4ccnn4)C3)cc2)c1. The monoisotopic (exact) mass is 370 g/mol. The summed E-state index contributed by atoms with van der Waals surface area (Å²) in [6.45, 7) is 2.78. The molecule has 26 heavy (non-hydrogen) atoms. The van der Waals surface area contributed by atoms with Gasteiger partial charge in [-0.15, -0.1) is 5.10 Å². The molecule has 3 aromatic rings.